The van der Waals surface area contributed by atoms with Crippen LogP contribution in [0, 0.1) is 6.92 Å². The number of rotatable bonds is 8. The molecule has 2 rings (SSSR count). The first-order valence-corrected chi connectivity index (χ1v) is 11.1. The summed E-state index contributed by atoms with van der Waals surface area (Å²) in [5.74, 6) is 2.45. The highest BCUT2D eigenvalue weighted by Crippen LogP contribution is 2.23. The fourth-order valence-corrected chi connectivity index (χ4v) is 4.57. The molecule has 2 N–H and O–H groups in total. The minimum atomic E-state index is -0.703. The van der Waals surface area contributed by atoms with E-state index < -0.39 is 10.8 Å². The summed E-state index contributed by atoms with van der Waals surface area (Å²) in [4.78, 5) is 4.62. The Morgan fingerprint density at radius 1 is 1.27 bits per heavy atom. The van der Waals surface area contributed by atoms with Crippen LogP contribution >= 0.6 is 0 Å². The molecule has 0 radical (unpaired) electrons. The lowest BCUT2D eigenvalue weighted by Crippen LogP contribution is -2.46. The fraction of sp³-hybridized carbons (Fsp3) is 0.650. The van der Waals surface area contributed by atoms with Gasteiger partial charge in [0.1, 0.15) is 12.4 Å². The predicted molar refractivity (Wildman–Crippen MR) is 111 cm³/mol. The molecule has 0 aromatic heterocycles. The monoisotopic (exact) mass is 379 g/mol. The molecular formula is C20H33N3O2S. The number of hydrogen-bond donors (Lipinski definition) is 2. The lowest BCUT2D eigenvalue weighted by molar-refractivity contribution is 0.328. The molecule has 1 aliphatic rings. The summed E-state index contributed by atoms with van der Waals surface area (Å²) in [5, 5.41) is 7.14. The van der Waals surface area contributed by atoms with Crippen molar-refractivity contribution in [1.82, 2.24) is 10.6 Å². The molecule has 146 valence electrons. The highest BCUT2D eigenvalue weighted by molar-refractivity contribution is 7.85. The average molecular weight is 380 g/mol. The van der Waals surface area contributed by atoms with Gasteiger partial charge in [0.25, 0.3) is 0 Å². The van der Waals surface area contributed by atoms with Gasteiger partial charge in [0.05, 0.1) is 6.54 Å². The van der Waals surface area contributed by atoms with Crippen LogP contribution in [0.25, 0.3) is 0 Å². The van der Waals surface area contributed by atoms with Crippen LogP contribution < -0.4 is 15.4 Å². The summed E-state index contributed by atoms with van der Waals surface area (Å²) in [5.41, 5.74) is 1.23. The van der Waals surface area contributed by atoms with Crippen molar-refractivity contribution in [3.63, 3.8) is 0 Å². The Hall–Kier alpha value is -1.56. The van der Waals surface area contributed by atoms with Crippen molar-refractivity contribution in [2.45, 2.75) is 57.7 Å². The predicted octanol–water partition coefficient (Wildman–Crippen LogP) is 3.01. The number of aliphatic imine (C=N–C) groups is 1. The van der Waals surface area contributed by atoms with Crippen LogP contribution in [-0.4, -0.2) is 46.9 Å². The van der Waals surface area contributed by atoms with Crippen LogP contribution in [0.2, 0.25) is 0 Å². The Balaban J connectivity index is 1.81. The maximum absolute atomic E-state index is 12.1. The van der Waals surface area contributed by atoms with Crippen LogP contribution in [-0.2, 0) is 10.8 Å². The highest BCUT2D eigenvalue weighted by Gasteiger charge is 2.25. The Bertz CT molecular complexity index is 589. The molecule has 1 aromatic rings. The standard InChI is InChI=1S/C20H33N3O2S/c1-4-21-20(22-13-14-25-18-11-9-16(3)10-12-18)23-17-7-6-8-19(15-17)26(24)5-2/h9-12,17,19H,4-8,13-15H2,1-3H3,(H2,21,22,23). The summed E-state index contributed by atoms with van der Waals surface area (Å²) in [6, 6.07) is 8.41. The number of guanidine groups is 1. The van der Waals surface area contributed by atoms with Crippen LogP contribution in [0.15, 0.2) is 29.3 Å². The molecule has 0 bridgehead atoms. The van der Waals surface area contributed by atoms with Crippen molar-refractivity contribution in [3.8, 4) is 5.75 Å². The second kappa shape index (κ2) is 11.2. The van der Waals surface area contributed by atoms with Gasteiger partial charge in [-0.25, -0.2) is 4.99 Å². The van der Waals surface area contributed by atoms with Crippen LogP contribution in [0.3, 0.4) is 0 Å². The van der Waals surface area contributed by atoms with Crippen LogP contribution in [0.5, 0.6) is 5.75 Å². The van der Waals surface area contributed by atoms with E-state index >= 15 is 0 Å². The summed E-state index contributed by atoms with van der Waals surface area (Å²) in [6.45, 7) is 8.10. The number of aryl methyl sites for hydroxylation is 1. The molecule has 1 fully saturated rings. The van der Waals surface area contributed by atoms with Gasteiger partial charge in [-0.05, 0) is 45.2 Å². The maximum Gasteiger partial charge on any atom is 0.191 e. The first-order chi connectivity index (χ1) is 12.6. The summed E-state index contributed by atoms with van der Waals surface area (Å²) in [7, 11) is -0.703. The Morgan fingerprint density at radius 2 is 2.04 bits per heavy atom. The van der Waals surface area contributed by atoms with E-state index in [1.54, 1.807) is 0 Å². The largest absolute Gasteiger partial charge is 0.492 e. The Kier molecular flexibility index (Phi) is 8.95. The molecular weight excluding hydrogens is 346 g/mol. The van der Waals surface area contributed by atoms with Gasteiger partial charge in [-0.1, -0.05) is 31.0 Å². The molecule has 0 spiro atoms. The minimum absolute atomic E-state index is 0.319. The third-order valence-corrected chi connectivity index (χ3v) is 6.36. The summed E-state index contributed by atoms with van der Waals surface area (Å²) < 4.78 is 17.9. The van der Waals surface area contributed by atoms with E-state index in [2.05, 4.69) is 29.5 Å². The molecule has 1 aliphatic carbocycles. The van der Waals surface area contributed by atoms with Crippen molar-refractivity contribution in [3.05, 3.63) is 29.8 Å². The van der Waals surface area contributed by atoms with E-state index in [0.717, 1.165) is 49.7 Å². The van der Waals surface area contributed by atoms with Gasteiger partial charge in [-0.15, -0.1) is 0 Å². The number of hydrogen-bond acceptors (Lipinski definition) is 3. The van der Waals surface area contributed by atoms with Gasteiger partial charge >= 0.3 is 0 Å². The zero-order chi connectivity index (χ0) is 18.8. The zero-order valence-corrected chi connectivity index (χ0v) is 17.1. The lowest BCUT2D eigenvalue weighted by atomic mass is 9.95. The minimum Gasteiger partial charge on any atom is -0.492 e. The van der Waals surface area contributed by atoms with Crippen molar-refractivity contribution in [2.75, 3.05) is 25.4 Å². The third kappa shape index (κ3) is 6.98. The molecule has 26 heavy (non-hydrogen) atoms. The van der Waals surface area contributed by atoms with E-state index in [4.69, 9.17) is 4.74 Å². The van der Waals surface area contributed by atoms with Crippen molar-refractivity contribution in [1.29, 1.82) is 0 Å². The number of ether oxygens (including phenoxy) is 1. The van der Waals surface area contributed by atoms with Crippen LogP contribution in [0.1, 0.15) is 45.1 Å². The van der Waals surface area contributed by atoms with E-state index in [9.17, 15) is 4.21 Å². The number of benzene rings is 1. The maximum atomic E-state index is 12.1. The average Bonchev–Trinajstić information content (AvgIpc) is 2.66. The molecule has 0 saturated heterocycles. The Morgan fingerprint density at radius 3 is 2.73 bits per heavy atom. The van der Waals surface area contributed by atoms with E-state index in [1.807, 2.05) is 31.2 Å². The first kappa shape index (κ1) is 20.7. The second-order valence-corrected chi connectivity index (χ2v) is 8.73. The van der Waals surface area contributed by atoms with Crippen molar-refractivity contribution < 1.29 is 8.95 Å². The van der Waals surface area contributed by atoms with E-state index in [-0.39, 0.29) is 0 Å². The van der Waals surface area contributed by atoms with Gasteiger partial charge in [0.2, 0.25) is 0 Å². The molecule has 0 amide bonds. The Labute approximate surface area is 160 Å². The lowest BCUT2D eigenvalue weighted by Gasteiger charge is -2.30. The third-order valence-electron chi connectivity index (χ3n) is 4.62. The summed E-state index contributed by atoms with van der Waals surface area (Å²) >= 11 is 0. The smallest absolute Gasteiger partial charge is 0.191 e. The van der Waals surface area contributed by atoms with Crippen molar-refractivity contribution >= 4 is 16.8 Å². The number of nitrogens with one attached hydrogen (secondary N) is 2. The van der Waals surface area contributed by atoms with Crippen molar-refractivity contribution in [2.24, 2.45) is 4.99 Å². The quantitative estimate of drug-likeness (QED) is 0.414. The first-order valence-electron chi connectivity index (χ1n) is 9.73. The molecule has 3 atom stereocenters. The van der Waals surface area contributed by atoms with Gasteiger partial charge < -0.3 is 15.4 Å². The fourth-order valence-electron chi connectivity index (χ4n) is 3.22. The molecule has 1 saturated carbocycles. The molecule has 5 nitrogen and oxygen atoms in total. The SMILES string of the molecule is CCNC(=NCCOc1ccc(C)cc1)NC1CCCC(S(=O)CC)C1. The molecule has 1 aromatic carbocycles. The molecule has 0 aliphatic heterocycles. The summed E-state index contributed by atoms with van der Waals surface area (Å²) in [6.07, 6.45) is 4.28. The molecule has 6 heteroatoms. The normalized spacial score (nSPS) is 21.9. The highest BCUT2D eigenvalue weighted by atomic mass is 32.2. The van der Waals surface area contributed by atoms with Gasteiger partial charge in [0, 0.05) is 34.4 Å². The van der Waals surface area contributed by atoms with Gasteiger partial charge in [0.15, 0.2) is 5.96 Å². The van der Waals surface area contributed by atoms with Gasteiger partial charge in [-0.2, -0.15) is 0 Å². The topological polar surface area (TPSA) is 62.7 Å². The van der Waals surface area contributed by atoms with E-state index in [0.29, 0.717) is 24.4 Å². The molecule has 3 unspecified atom stereocenters. The zero-order valence-electron chi connectivity index (χ0n) is 16.3. The van der Waals surface area contributed by atoms with Gasteiger partial charge in [-0.3, -0.25) is 4.21 Å². The second-order valence-electron chi connectivity index (χ2n) is 6.72. The number of nitrogens with zero attached hydrogens (tertiary/aromatic N) is 1. The van der Waals surface area contributed by atoms with E-state index in [1.165, 1.54) is 5.56 Å². The molecule has 0 heterocycles. The van der Waals surface area contributed by atoms with Crippen LogP contribution in [0.4, 0.5) is 0 Å².